The molecule has 2 N–H and O–H groups in total. The standard InChI is InChI=1S/C11H26N2/c1-5-11(3)13(4)9-10(2)7-6-8-12/h10-11H,5-9,12H2,1-4H3. The maximum absolute atomic E-state index is 5.48. The molecule has 0 bridgehead atoms. The van der Waals surface area contributed by atoms with Crippen molar-refractivity contribution in [3.8, 4) is 0 Å². The molecule has 2 unspecified atom stereocenters. The Morgan fingerprint density at radius 1 is 1.31 bits per heavy atom. The van der Waals surface area contributed by atoms with Gasteiger partial charge in [-0.05, 0) is 45.7 Å². The van der Waals surface area contributed by atoms with E-state index in [1.165, 1.54) is 19.4 Å². The molecule has 0 fully saturated rings. The van der Waals surface area contributed by atoms with Crippen LogP contribution in [0.1, 0.15) is 40.0 Å². The third-order valence-electron chi connectivity index (χ3n) is 2.84. The molecule has 0 spiro atoms. The molecule has 2 atom stereocenters. The molecule has 80 valence electrons. The molecule has 0 aromatic heterocycles. The lowest BCUT2D eigenvalue weighted by Crippen LogP contribution is -2.32. The molecular weight excluding hydrogens is 160 g/mol. The van der Waals surface area contributed by atoms with Crippen LogP contribution in [0, 0.1) is 5.92 Å². The summed E-state index contributed by atoms with van der Waals surface area (Å²) < 4.78 is 0. The first kappa shape index (κ1) is 12.9. The molecule has 0 aliphatic heterocycles. The molecule has 0 aromatic carbocycles. The van der Waals surface area contributed by atoms with Gasteiger partial charge in [-0.15, -0.1) is 0 Å². The van der Waals surface area contributed by atoms with Gasteiger partial charge in [-0.1, -0.05) is 13.8 Å². The molecular formula is C11H26N2. The van der Waals surface area contributed by atoms with E-state index in [4.69, 9.17) is 5.73 Å². The second kappa shape index (κ2) is 7.34. The van der Waals surface area contributed by atoms with Crippen molar-refractivity contribution >= 4 is 0 Å². The quantitative estimate of drug-likeness (QED) is 0.659. The van der Waals surface area contributed by atoms with E-state index in [0.29, 0.717) is 6.04 Å². The molecule has 0 saturated carbocycles. The maximum atomic E-state index is 5.48. The summed E-state index contributed by atoms with van der Waals surface area (Å²) in [5.74, 6) is 0.780. The summed E-state index contributed by atoms with van der Waals surface area (Å²) in [5, 5.41) is 0. The summed E-state index contributed by atoms with van der Waals surface area (Å²) in [6.07, 6.45) is 3.66. The van der Waals surface area contributed by atoms with Crippen molar-refractivity contribution in [1.29, 1.82) is 0 Å². The van der Waals surface area contributed by atoms with Crippen molar-refractivity contribution in [3.63, 3.8) is 0 Å². The van der Waals surface area contributed by atoms with Gasteiger partial charge in [0.05, 0.1) is 0 Å². The van der Waals surface area contributed by atoms with Gasteiger partial charge in [-0.2, -0.15) is 0 Å². The highest BCUT2D eigenvalue weighted by Crippen LogP contribution is 2.09. The topological polar surface area (TPSA) is 29.3 Å². The lowest BCUT2D eigenvalue weighted by atomic mass is 10.0. The van der Waals surface area contributed by atoms with Crippen molar-refractivity contribution in [3.05, 3.63) is 0 Å². The minimum Gasteiger partial charge on any atom is -0.330 e. The first-order valence-corrected chi connectivity index (χ1v) is 5.52. The van der Waals surface area contributed by atoms with E-state index in [1.807, 2.05) is 0 Å². The van der Waals surface area contributed by atoms with Crippen molar-refractivity contribution < 1.29 is 0 Å². The van der Waals surface area contributed by atoms with Crippen LogP contribution >= 0.6 is 0 Å². The molecule has 0 radical (unpaired) electrons. The Morgan fingerprint density at radius 3 is 2.38 bits per heavy atom. The van der Waals surface area contributed by atoms with Crippen LogP contribution in [0.15, 0.2) is 0 Å². The fraction of sp³-hybridized carbons (Fsp3) is 1.00. The average molecular weight is 186 g/mol. The lowest BCUT2D eigenvalue weighted by molar-refractivity contribution is 0.214. The average Bonchev–Trinajstić information content (AvgIpc) is 2.13. The van der Waals surface area contributed by atoms with Gasteiger partial charge in [-0.25, -0.2) is 0 Å². The van der Waals surface area contributed by atoms with Gasteiger partial charge in [0, 0.05) is 12.6 Å². The fourth-order valence-electron chi connectivity index (χ4n) is 1.54. The third-order valence-corrected chi connectivity index (χ3v) is 2.84. The molecule has 2 nitrogen and oxygen atoms in total. The minimum atomic E-state index is 0.709. The Bertz CT molecular complexity index is 115. The van der Waals surface area contributed by atoms with Crippen LogP contribution < -0.4 is 5.73 Å². The molecule has 0 rings (SSSR count). The van der Waals surface area contributed by atoms with Gasteiger partial charge in [0.15, 0.2) is 0 Å². The van der Waals surface area contributed by atoms with Gasteiger partial charge < -0.3 is 10.6 Å². The van der Waals surface area contributed by atoms with Crippen LogP contribution in [0.2, 0.25) is 0 Å². The minimum absolute atomic E-state index is 0.709. The van der Waals surface area contributed by atoms with Gasteiger partial charge in [-0.3, -0.25) is 0 Å². The zero-order chi connectivity index (χ0) is 10.3. The molecule has 2 heteroatoms. The first-order valence-electron chi connectivity index (χ1n) is 5.52. The van der Waals surface area contributed by atoms with E-state index in [-0.39, 0.29) is 0 Å². The van der Waals surface area contributed by atoms with E-state index in [1.54, 1.807) is 0 Å². The Kier molecular flexibility index (Phi) is 7.29. The third kappa shape index (κ3) is 6.05. The molecule has 0 aliphatic carbocycles. The predicted octanol–water partition coefficient (Wildman–Crippen LogP) is 2.09. The largest absolute Gasteiger partial charge is 0.330 e. The molecule has 0 amide bonds. The summed E-state index contributed by atoms with van der Waals surface area (Å²) in [5.41, 5.74) is 5.48. The SMILES string of the molecule is CCC(C)N(C)CC(C)CCCN. The Labute approximate surface area is 83.5 Å². The van der Waals surface area contributed by atoms with E-state index < -0.39 is 0 Å². The highest BCUT2D eigenvalue weighted by molar-refractivity contribution is 4.65. The van der Waals surface area contributed by atoms with E-state index in [0.717, 1.165) is 18.9 Å². The van der Waals surface area contributed by atoms with E-state index >= 15 is 0 Å². The van der Waals surface area contributed by atoms with Crippen molar-refractivity contribution in [1.82, 2.24) is 4.90 Å². The van der Waals surface area contributed by atoms with Crippen LogP contribution in [0.5, 0.6) is 0 Å². The predicted molar refractivity (Wildman–Crippen MR) is 59.8 cm³/mol. The second-order valence-electron chi connectivity index (χ2n) is 4.23. The van der Waals surface area contributed by atoms with Crippen LogP contribution in [0.25, 0.3) is 0 Å². The van der Waals surface area contributed by atoms with Gasteiger partial charge in [0.1, 0.15) is 0 Å². The number of nitrogens with two attached hydrogens (primary N) is 1. The van der Waals surface area contributed by atoms with E-state index in [9.17, 15) is 0 Å². The summed E-state index contributed by atoms with van der Waals surface area (Å²) in [6.45, 7) is 8.88. The Morgan fingerprint density at radius 2 is 1.92 bits per heavy atom. The van der Waals surface area contributed by atoms with Gasteiger partial charge in [0.25, 0.3) is 0 Å². The van der Waals surface area contributed by atoms with Crippen LogP contribution in [0.3, 0.4) is 0 Å². The van der Waals surface area contributed by atoms with E-state index in [2.05, 4.69) is 32.7 Å². The van der Waals surface area contributed by atoms with Crippen molar-refractivity contribution in [2.24, 2.45) is 11.7 Å². The van der Waals surface area contributed by atoms with Gasteiger partial charge in [0.2, 0.25) is 0 Å². The molecule has 0 heterocycles. The Balaban J connectivity index is 3.57. The molecule has 0 saturated heterocycles. The molecule has 0 aliphatic rings. The summed E-state index contributed by atoms with van der Waals surface area (Å²) in [4.78, 5) is 2.45. The highest BCUT2D eigenvalue weighted by atomic mass is 15.1. The summed E-state index contributed by atoms with van der Waals surface area (Å²) in [6, 6.07) is 0.709. The van der Waals surface area contributed by atoms with Crippen LogP contribution in [0.4, 0.5) is 0 Å². The fourth-order valence-corrected chi connectivity index (χ4v) is 1.54. The Hall–Kier alpha value is -0.0800. The highest BCUT2D eigenvalue weighted by Gasteiger charge is 2.10. The summed E-state index contributed by atoms with van der Waals surface area (Å²) in [7, 11) is 2.22. The summed E-state index contributed by atoms with van der Waals surface area (Å²) >= 11 is 0. The smallest absolute Gasteiger partial charge is 0.00613 e. The number of hydrogen-bond donors (Lipinski definition) is 1. The van der Waals surface area contributed by atoms with Crippen molar-refractivity contribution in [2.45, 2.75) is 46.1 Å². The van der Waals surface area contributed by atoms with Crippen molar-refractivity contribution in [2.75, 3.05) is 20.1 Å². The number of rotatable bonds is 7. The van der Waals surface area contributed by atoms with Crippen LogP contribution in [-0.2, 0) is 0 Å². The monoisotopic (exact) mass is 186 g/mol. The van der Waals surface area contributed by atoms with Gasteiger partial charge >= 0.3 is 0 Å². The number of nitrogens with zero attached hydrogens (tertiary/aromatic N) is 1. The second-order valence-corrected chi connectivity index (χ2v) is 4.23. The first-order chi connectivity index (χ1) is 6.11. The molecule has 13 heavy (non-hydrogen) atoms. The zero-order valence-electron chi connectivity index (χ0n) is 9.71. The number of hydrogen-bond acceptors (Lipinski definition) is 2. The zero-order valence-corrected chi connectivity index (χ0v) is 9.71. The van der Waals surface area contributed by atoms with Crippen LogP contribution in [-0.4, -0.2) is 31.1 Å². The molecule has 0 aromatic rings. The normalized spacial score (nSPS) is 16.2. The maximum Gasteiger partial charge on any atom is 0.00613 e. The lowest BCUT2D eigenvalue weighted by Gasteiger charge is -2.26.